The first-order valence-electron chi connectivity index (χ1n) is 5.71. The van der Waals surface area contributed by atoms with Gasteiger partial charge in [-0.15, -0.1) is 11.3 Å². The number of rotatable bonds is 2. The zero-order valence-electron chi connectivity index (χ0n) is 9.86. The van der Waals surface area contributed by atoms with Crippen LogP contribution >= 0.6 is 11.3 Å². The summed E-state index contributed by atoms with van der Waals surface area (Å²) in [6.07, 6.45) is 0.266. The van der Waals surface area contributed by atoms with E-state index in [-0.39, 0.29) is 17.7 Å². The molecule has 0 aliphatic heterocycles. The van der Waals surface area contributed by atoms with Crippen molar-refractivity contribution in [2.75, 3.05) is 5.73 Å². The van der Waals surface area contributed by atoms with Gasteiger partial charge < -0.3 is 5.73 Å². The predicted molar refractivity (Wildman–Crippen MR) is 73.2 cm³/mol. The van der Waals surface area contributed by atoms with Gasteiger partial charge in [0.25, 0.3) is 0 Å². The van der Waals surface area contributed by atoms with Crippen molar-refractivity contribution < 1.29 is 8.78 Å². The summed E-state index contributed by atoms with van der Waals surface area (Å²) >= 11 is 1.48. The summed E-state index contributed by atoms with van der Waals surface area (Å²) < 4.78 is 28.1. The SMILES string of the molecule is Nc1cc(F)c(Cc2nc3ccccc3s2)cc1F. The Morgan fingerprint density at radius 1 is 1.11 bits per heavy atom. The molecule has 3 rings (SSSR count). The predicted octanol–water partition coefficient (Wildman–Crippen LogP) is 3.75. The van der Waals surface area contributed by atoms with Gasteiger partial charge in [0.15, 0.2) is 0 Å². The lowest BCUT2D eigenvalue weighted by Gasteiger charge is -2.03. The number of hydrogen-bond donors (Lipinski definition) is 1. The topological polar surface area (TPSA) is 38.9 Å². The molecule has 3 aromatic rings. The van der Waals surface area contributed by atoms with E-state index in [0.29, 0.717) is 0 Å². The van der Waals surface area contributed by atoms with Gasteiger partial charge in [-0.05, 0) is 23.8 Å². The molecule has 2 N–H and O–H groups in total. The van der Waals surface area contributed by atoms with Gasteiger partial charge in [-0.1, -0.05) is 12.1 Å². The monoisotopic (exact) mass is 276 g/mol. The maximum absolute atomic E-state index is 13.7. The molecule has 96 valence electrons. The van der Waals surface area contributed by atoms with Crippen molar-refractivity contribution in [3.63, 3.8) is 0 Å². The van der Waals surface area contributed by atoms with Crippen LogP contribution in [-0.2, 0) is 6.42 Å². The van der Waals surface area contributed by atoms with Crippen LogP contribution in [0.4, 0.5) is 14.5 Å². The van der Waals surface area contributed by atoms with Gasteiger partial charge in [0.2, 0.25) is 0 Å². The van der Waals surface area contributed by atoms with Crippen LogP contribution in [-0.4, -0.2) is 4.98 Å². The van der Waals surface area contributed by atoms with Crippen LogP contribution in [0.3, 0.4) is 0 Å². The summed E-state index contributed by atoms with van der Waals surface area (Å²) in [4.78, 5) is 4.40. The Labute approximate surface area is 112 Å². The number of hydrogen-bond acceptors (Lipinski definition) is 3. The fraction of sp³-hybridized carbons (Fsp3) is 0.0714. The van der Waals surface area contributed by atoms with E-state index in [4.69, 9.17) is 5.73 Å². The Hall–Kier alpha value is -2.01. The molecular weight excluding hydrogens is 266 g/mol. The Bertz CT molecular complexity index is 719. The molecule has 1 heterocycles. The van der Waals surface area contributed by atoms with Crippen LogP contribution in [0, 0.1) is 11.6 Å². The molecule has 0 unspecified atom stereocenters. The molecule has 19 heavy (non-hydrogen) atoms. The number of nitrogens with zero attached hydrogens (tertiary/aromatic N) is 1. The first kappa shape index (κ1) is 12.0. The summed E-state index contributed by atoms with van der Waals surface area (Å²) in [5.74, 6) is -1.10. The molecule has 0 saturated heterocycles. The molecule has 0 saturated carbocycles. The molecule has 0 amide bonds. The minimum absolute atomic E-state index is 0.175. The lowest BCUT2D eigenvalue weighted by atomic mass is 10.1. The van der Waals surface area contributed by atoms with Crippen LogP contribution in [0.15, 0.2) is 36.4 Å². The molecule has 2 nitrogen and oxygen atoms in total. The second-order valence-corrected chi connectivity index (χ2v) is 5.33. The standard InChI is InChI=1S/C14H10F2N2S/c15-9-7-11(17)10(16)5-8(9)6-14-18-12-3-1-2-4-13(12)19-14/h1-5,7H,6,17H2. The zero-order chi connectivity index (χ0) is 13.4. The average Bonchev–Trinajstić information content (AvgIpc) is 2.78. The quantitative estimate of drug-likeness (QED) is 0.724. The highest BCUT2D eigenvalue weighted by Gasteiger charge is 2.11. The van der Waals surface area contributed by atoms with Crippen LogP contribution in [0.1, 0.15) is 10.6 Å². The van der Waals surface area contributed by atoms with Crippen LogP contribution in [0.2, 0.25) is 0 Å². The fourth-order valence-electron chi connectivity index (χ4n) is 1.90. The number of thiazole rings is 1. The van der Waals surface area contributed by atoms with Crippen molar-refractivity contribution in [1.29, 1.82) is 0 Å². The number of benzene rings is 2. The highest BCUT2D eigenvalue weighted by atomic mass is 32.1. The molecule has 0 radical (unpaired) electrons. The molecule has 0 bridgehead atoms. The van der Waals surface area contributed by atoms with E-state index >= 15 is 0 Å². The average molecular weight is 276 g/mol. The van der Waals surface area contributed by atoms with E-state index in [1.807, 2.05) is 24.3 Å². The van der Waals surface area contributed by atoms with Gasteiger partial charge in [-0.25, -0.2) is 13.8 Å². The maximum atomic E-state index is 13.7. The third-order valence-corrected chi connectivity index (χ3v) is 3.88. The molecule has 0 spiro atoms. The van der Waals surface area contributed by atoms with E-state index < -0.39 is 11.6 Å². The normalized spacial score (nSPS) is 11.1. The van der Waals surface area contributed by atoms with E-state index in [0.717, 1.165) is 27.4 Å². The Kier molecular flexibility index (Phi) is 2.91. The lowest BCUT2D eigenvalue weighted by Crippen LogP contribution is -1.98. The molecule has 0 atom stereocenters. The number of nitrogens with two attached hydrogens (primary N) is 1. The fourth-order valence-corrected chi connectivity index (χ4v) is 2.89. The number of aromatic nitrogens is 1. The molecule has 0 aliphatic rings. The van der Waals surface area contributed by atoms with Crippen molar-refractivity contribution >= 4 is 27.2 Å². The molecular formula is C14H10F2N2S. The summed E-state index contributed by atoms with van der Waals surface area (Å²) in [7, 11) is 0. The summed E-state index contributed by atoms with van der Waals surface area (Å²) in [5.41, 5.74) is 6.28. The first-order chi connectivity index (χ1) is 9.13. The van der Waals surface area contributed by atoms with Crippen molar-refractivity contribution in [1.82, 2.24) is 4.98 Å². The van der Waals surface area contributed by atoms with Gasteiger partial charge in [-0.3, -0.25) is 0 Å². The number of fused-ring (bicyclic) bond motifs is 1. The first-order valence-corrected chi connectivity index (χ1v) is 6.53. The molecule has 0 fully saturated rings. The Morgan fingerprint density at radius 2 is 1.89 bits per heavy atom. The molecule has 5 heteroatoms. The van der Waals surface area contributed by atoms with Gasteiger partial charge in [0.1, 0.15) is 11.6 Å². The summed E-state index contributed by atoms with van der Waals surface area (Å²) in [6.45, 7) is 0. The molecule has 2 aromatic carbocycles. The smallest absolute Gasteiger partial charge is 0.146 e. The number of nitrogen functional groups attached to an aromatic ring is 1. The summed E-state index contributed by atoms with van der Waals surface area (Å²) in [5, 5.41) is 0.754. The number of anilines is 1. The maximum Gasteiger partial charge on any atom is 0.146 e. The van der Waals surface area contributed by atoms with Gasteiger partial charge in [0.05, 0.1) is 20.9 Å². The van der Waals surface area contributed by atoms with Crippen molar-refractivity contribution in [3.8, 4) is 0 Å². The third kappa shape index (κ3) is 2.29. The minimum atomic E-state index is -0.600. The highest BCUT2D eigenvalue weighted by molar-refractivity contribution is 7.18. The summed E-state index contributed by atoms with van der Waals surface area (Å²) in [6, 6.07) is 9.82. The van der Waals surface area contributed by atoms with Crippen LogP contribution < -0.4 is 5.73 Å². The Balaban J connectivity index is 1.98. The van der Waals surface area contributed by atoms with Crippen LogP contribution in [0.5, 0.6) is 0 Å². The van der Waals surface area contributed by atoms with Crippen molar-refractivity contribution in [2.45, 2.75) is 6.42 Å². The zero-order valence-corrected chi connectivity index (χ0v) is 10.7. The molecule has 0 aliphatic carbocycles. The second-order valence-electron chi connectivity index (χ2n) is 4.22. The van der Waals surface area contributed by atoms with Crippen molar-refractivity contribution in [2.24, 2.45) is 0 Å². The van der Waals surface area contributed by atoms with E-state index in [9.17, 15) is 8.78 Å². The van der Waals surface area contributed by atoms with Crippen LogP contribution in [0.25, 0.3) is 10.2 Å². The highest BCUT2D eigenvalue weighted by Crippen LogP contribution is 2.25. The molecule has 1 aromatic heterocycles. The van der Waals surface area contributed by atoms with E-state index in [1.54, 1.807) is 0 Å². The van der Waals surface area contributed by atoms with E-state index in [1.165, 1.54) is 11.3 Å². The number of para-hydroxylation sites is 1. The third-order valence-electron chi connectivity index (χ3n) is 2.85. The van der Waals surface area contributed by atoms with E-state index in [2.05, 4.69) is 4.98 Å². The minimum Gasteiger partial charge on any atom is -0.396 e. The van der Waals surface area contributed by atoms with Gasteiger partial charge >= 0.3 is 0 Å². The second kappa shape index (κ2) is 4.59. The van der Waals surface area contributed by atoms with Gasteiger partial charge in [0, 0.05) is 12.5 Å². The lowest BCUT2D eigenvalue weighted by molar-refractivity contribution is 0.592. The number of halogens is 2. The van der Waals surface area contributed by atoms with Gasteiger partial charge in [-0.2, -0.15) is 0 Å². The van der Waals surface area contributed by atoms with Crippen molar-refractivity contribution in [3.05, 3.63) is 58.6 Å². The largest absolute Gasteiger partial charge is 0.396 e. The Morgan fingerprint density at radius 3 is 2.68 bits per heavy atom.